The van der Waals surface area contributed by atoms with Gasteiger partial charge in [0, 0.05) is 11.8 Å². The number of aromatic nitrogens is 2. The lowest BCUT2D eigenvalue weighted by atomic mass is 9.96. The first-order valence-corrected chi connectivity index (χ1v) is 9.31. The molecule has 1 heterocycles. The summed E-state index contributed by atoms with van der Waals surface area (Å²) in [4.78, 5) is 12.5. The van der Waals surface area contributed by atoms with Gasteiger partial charge in [0.1, 0.15) is 5.82 Å². The Labute approximate surface area is 144 Å². The lowest BCUT2D eigenvalue weighted by Gasteiger charge is -2.10. The highest BCUT2D eigenvalue weighted by Gasteiger charge is 2.14. The number of nitrogens with zero attached hydrogens (tertiary/aromatic N) is 1. The van der Waals surface area contributed by atoms with Gasteiger partial charge in [-0.25, -0.2) is 17.9 Å². The van der Waals surface area contributed by atoms with Gasteiger partial charge in [0.15, 0.2) is 9.84 Å². The molecular weight excluding hydrogens is 343 g/mol. The molecule has 2 aromatic carbocycles. The van der Waals surface area contributed by atoms with Crippen LogP contribution in [-0.4, -0.2) is 24.9 Å². The quantitative estimate of drug-likeness (QED) is 0.781. The summed E-state index contributed by atoms with van der Waals surface area (Å²) in [6.45, 7) is 1.62. The van der Waals surface area contributed by atoms with Crippen molar-refractivity contribution >= 4 is 9.84 Å². The van der Waals surface area contributed by atoms with Crippen molar-refractivity contribution in [1.29, 1.82) is 0 Å². The second-order valence-corrected chi connectivity index (χ2v) is 7.76. The third-order valence-corrected chi connectivity index (χ3v) is 5.02. The van der Waals surface area contributed by atoms with E-state index in [0.717, 1.165) is 6.26 Å². The third kappa shape index (κ3) is 3.36. The average Bonchev–Trinajstić information content (AvgIpc) is 2.57. The van der Waals surface area contributed by atoms with Crippen LogP contribution in [0.25, 0.3) is 22.3 Å². The van der Waals surface area contributed by atoms with Gasteiger partial charge in [-0.15, -0.1) is 0 Å². The second-order valence-electron chi connectivity index (χ2n) is 5.75. The molecule has 1 N–H and O–H groups in total. The number of halogens is 1. The van der Waals surface area contributed by atoms with E-state index < -0.39 is 15.4 Å². The summed E-state index contributed by atoms with van der Waals surface area (Å²) in [5, 5.41) is 6.21. The van der Waals surface area contributed by atoms with Crippen molar-refractivity contribution in [3.05, 3.63) is 70.4 Å². The zero-order valence-electron chi connectivity index (χ0n) is 13.6. The smallest absolute Gasteiger partial charge is 0.267 e. The normalized spacial score (nSPS) is 11.5. The Morgan fingerprint density at radius 1 is 1.04 bits per heavy atom. The first-order chi connectivity index (χ1) is 11.8. The fraction of sp³-hybridized carbons (Fsp3) is 0.111. The van der Waals surface area contributed by atoms with Crippen LogP contribution in [0.5, 0.6) is 0 Å². The molecule has 0 bridgehead atoms. The number of nitrogens with one attached hydrogen (secondary N) is 1. The van der Waals surface area contributed by atoms with Crippen molar-refractivity contribution < 1.29 is 12.8 Å². The second kappa shape index (κ2) is 6.25. The number of hydrogen-bond donors (Lipinski definition) is 1. The molecule has 0 unspecified atom stereocenters. The van der Waals surface area contributed by atoms with Crippen LogP contribution >= 0.6 is 0 Å². The largest absolute Gasteiger partial charge is 0.272 e. The molecule has 128 valence electrons. The molecular formula is C18H15FN2O3S. The Bertz CT molecular complexity index is 1100. The van der Waals surface area contributed by atoms with E-state index >= 15 is 0 Å². The molecule has 0 radical (unpaired) electrons. The van der Waals surface area contributed by atoms with Gasteiger partial charge in [-0.3, -0.25) is 4.79 Å². The maximum absolute atomic E-state index is 13.5. The minimum absolute atomic E-state index is 0.188. The first kappa shape index (κ1) is 17.0. The van der Waals surface area contributed by atoms with Gasteiger partial charge < -0.3 is 0 Å². The van der Waals surface area contributed by atoms with Gasteiger partial charge >= 0.3 is 0 Å². The van der Waals surface area contributed by atoms with E-state index in [2.05, 4.69) is 10.2 Å². The Morgan fingerprint density at radius 2 is 1.68 bits per heavy atom. The molecule has 0 aliphatic rings. The molecule has 5 nitrogen and oxygen atoms in total. The predicted molar refractivity (Wildman–Crippen MR) is 93.5 cm³/mol. The van der Waals surface area contributed by atoms with E-state index in [1.807, 2.05) is 0 Å². The van der Waals surface area contributed by atoms with Crippen molar-refractivity contribution in [2.75, 3.05) is 6.26 Å². The zero-order chi connectivity index (χ0) is 18.2. The number of benzene rings is 2. The molecule has 0 spiro atoms. The summed E-state index contributed by atoms with van der Waals surface area (Å²) in [5.74, 6) is -0.353. The van der Waals surface area contributed by atoms with Crippen LogP contribution in [0.3, 0.4) is 0 Å². The molecule has 0 aliphatic heterocycles. The minimum Gasteiger partial charge on any atom is -0.267 e. The van der Waals surface area contributed by atoms with Gasteiger partial charge in [0.05, 0.1) is 16.7 Å². The van der Waals surface area contributed by atoms with Gasteiger partial charge in [-0.2, -0.15) is 5.10 Å². The van der Waals surface area contributed by atoms with Crippen LogP contribution in [0.2, 0.25) is 0 Å². The zero-order valence-corrected chi connectivity index (χ0v) is 14.4. The number of aryl methyl sites for hydroxylation is 1. The number of hydrogen-bond acceptors (Lipinski definition) is 4. The summed E-state index contributed by atoms with van der Waals surface area (Å²) in [6, 6.07) is 10.6. The monoisotopic (exact) mass is 358 g/mol. The predicted octanol–water partition coefficient (Wildman–Crippen LogP) is 2.95. The Hall–Kier alpha value is -2.80. The van der Waals surface area contributed by atoms with Crippen molar-refractivity contribution in [3.63, 3.8) is 0 Å². The molecule has 0 saturated carbocycles. The summed E-state index contributed by atoms with van der Waals surface area (Å²) in [5.41, 5.74) is 2.11. The summed E-state index contributed by atoms with van der Waals surface area (Å²) < 4.78 is 36.7. The molecule has 0 atom stereocenters. The van der Waals surface area contributed by atoms with Crippen molar-refractivity contribution in [2.45, 2.75) is 11.8 Å². The number of sulfone groups is 1. The molecule has 7 heteroatoms. The van der Waals surface area contributed by atoms with Gasteiger partial charge in [-0.1, -0.05) is 18.2 Å². The number of H-pyrrole nitrogens is 1. The molecule has 0 aliphatic carbocycles. The minimum atomic E-state index is -3.31. The van der Waals surface area contributed by atoms with Crippen LogP contribution in [0.15, 0.2) is 58.4 Å². The van der Waals surface area contributed by atoms with Gasteiger partial charge in [0.2, 0.25) is 0 Å². The fourth-order valence-corrected chi connectivity index (χ4v) is 3.22. The van der Waals surface area contributed by atoms with E-state index in [-0.39, 0.29) is 10.7 Å². The summed E-state index contributed by atoms with van der Waals surface area (Å²) in [7, 11) is -3.31. The third-order valence-electron chi connectivity index (χ3n) is 3.90. The van der Waals surface area contributed by atoms with E-state index in [1.165, 1.54) is 30.5 Å². The summed E-state index contributed by atoms with van der Waals surface area (Å²) in [6.07, 6.45) is 2.62. The maximum atomic E-state index is 13.5. The van der Waals surface area contributed by atoms with E-state index in [1.54, 1.807) is 25.1 Å². The number of aromatic amines is 1. The van der Waals surface area contributed by atoms with Crippen molar-refractivity contribution in [3.8, 4) is 22.3 Å². The molecule has 25 heavy (non-hydrogen) atoms. The van der Waals surface area contributed by atoms with Crippen LogP contribution in [0.1, 0.15) is 5.56 Å². The average molecular weight is 358 g/mol. The van der Waals surface area contributed by atoms with Crippen molar-refractivity contribution in [2.24, 2.45) is 0 Å². The molecule has 3 aromatic rings. The first-order valence-electron chi connectivity index (χ1n) is 7.42. The highest BCUT2D eigenvalue weighted by Crippen LogP contribution is 2.30. The Kier molecular flexibility index (Phi) is 4.26. The summed E-state index contributed by atoms with van der Waals surface area (Å²) >= 11 is 0. The molecule has 0 fully saturated rings. The molecule has 3 rings (SSSR count). The lowest BCUT2D eigenvalue weighted by molar-refractivity contribution is 0.602. The Morgan fingerprint density at radius 3 is 2.28 bits per heavy atom. The topological polar surface area (TPSA) is 79.9 Å². The number of rotatable bonds is 3. The van der Waals surface area contributed by atoms with E-state index in [0.29, 0.717) is 27.8 Å². The van der Waals surface area contributed by atoms with Crippen molar-refractivity contribution in [1.82, 2.24) is 10.2 Å². The van der Waals surface area contributed by atoms with E-state index in [4.69, 9.17) is 0 Å². The van der Waals surface area contributed by atoms with Gasteiger partial charge in [0.25, 0.3) is 5.56 Å². The van der Waals surface area contributed by atoms with Crippen LogP contribution in [-0.2, 0) is 9.84 Å². The van der Waals surface area contributed by atoms with Gasteiger partial charge in [-0.05, 0) is 47.9 Å². The lowest BCUT2D eigenvalue weighted by Crippen LogP contribution is -2.12. The molecule has 0 saturated heterocycles. The maximum Gasteiger partial charge on any atom is 0.272 e. The highest BCUT2D eigenvalue weighted by molar-refractivity contribution is 7.90. The molecule has 0 amide bonds. The van der Waals surface area contributed by atoms with E-state index in [9.17, 15) is 17.6 Å². The SMILES string of the molecule is Cc1cc(-c2c(-c3ccc(S(C)(=O)=O)cc3)cn[nH]c2=O)ccc1F. The van der Waals surface area contributed by atoms with Crippen LogP contribution in [0, 0.1) is 12.7 Å². The fourth-order valence-electron chi connectivity index (χ4n) is 2.59. The highest BCUT2D eigenvalue weighted by atomic mass is 32.2. The van der Waals surface area contributed by atoms with Crippen LogP contribution < -0.4 is 5.56 Å². The standard InChI is InChI=1S/C18H15FN2O3S/c1-11-9-13(5-8-16(11)19)17-15(10-20-21-18(17)22)12-3-6-14(7-4-12)25(2,23)24/h3-10H,1-2H3,(H,21,22). The van der Waals surface area contributed by atoms with Crippen LogP contribution in [0.4, 0.5) is 4.39 Å². The molecule has 1 aromatic heterocycles. The Balaban J connectivity index is 2.20.